The number of allylic oxidation sites excluding steroid dienone is 3. The lowest BCUT2D eigenvalue weighted by molar-refractivity contribution is -0.138. The zero-order valence-corrected chi connectivity index (χ0v) is 21.8. The molecule has 196 valence electrons. The van der Waals surface area contributed by atoms with Gasteiger partial charge in [0.25, 0.3) is 0 Å². The first-order valence-electron chi connectivity index (χ1n) is 12.4. The van der Waals surface area contributed by atoms with Gasteiger partial charge in [-0.25, -0.2) is 4.79 Å². The molecule has 8 nitrogen and oxygen atoms in total. The van der Waals surface area contributed by atoms with Crippen LogP contribution in [0.5, 0.6) is 23.0 Å². The molecule has 2 aliphatic rings. The number of methoxy groups -OCH3 is 2. The number of carbonyl (C=O) groups excluding carboxylic acids is 2. The Morgan fingerprint density at radius 3 is 2.35 bits per heavy atom. The number of dihydropyridines is 1. The summed E-state index contributed by atoms with van der Waals surface area (Å²) in [6.45, 7) is 5.96. The van der Waals surface area contributed by atoms with Crippen molar-refractivity contribution < 1.29 is 33.6 Å². The molecule has 0 bridgehead atoms. The molecule has 1 aliphatic carbocycles. The molecule has 0 amide bonds. The highest BCUT2D eigenvalue weighted by Crippen LogP contribution is 2.47. The fraction of sp³-hybridized carbons (Fsp3) is 0.379. The summed E-state index contributed by atoms with van der Waals surface area (Å²) in [5, 5.41) is 13.6. The number of rotatable bonds is 8. The summed E-state index contributed by atoms with van der Waals surface area (Å²) in [7, 11) is 3.17. The summed E-state index contributed by atoms with van der Waals surface area (Å²) in [5.74, 6) is 0.269. The van der Waals surface area contributed by atoms with Crippen LogP contribution in [0.4, 0.5) is 0 Å². The quantitative estimate of drug-likeness (QED) is 0.494. The smallest absolute Gasteiger partial charge is 0.336 e. The number of Topliss-reactive ketones (excluding diaryl/α,β-unsaturated/α-hetero) is 1. The van der Waals surface area contributed by atoms with Crippen LogP contribution in [0.25, 0.3) is 0 Å². The Morgan fingerprint density at radius 1 is 0.973 bits per heavy atom. The first-order valence-corrected chi connectivity index (χ1v) is 12.4. The second-order valence-electron chi connectivity index (χ2n) is 9.01. The standard InChI is InChI=1S/C29H33NO7/c1-6-36-24-15-18(8-10-21(24)31)27-26(29(33)37-7-2)16(3)30-20-12-19(13-22(32)28(20)27)17-9-11-23(34-4)25(14-17)35-5/h8-11,14-15,19,27,30-31H,6-7,12-13H2,1-5H3/t19-,27-/m0/s1. The lowest BCUT2D eigenvalue weighted by Crippen LogP contribution is -2.36. The third-order valence-corrected chi connectivity index (χ3v) is 6.82. The van der Waals surface area contributed by atoms with Crippen molar-refractivity contribution in [3.63, 3.8) is 0 Å². The summed E-state index contributed by atoms with van der Waals surface area (Å²) in [6, 6.07) is 10.6. The topological polar surface area (TPSA) is 103 Å². The Balaban J connectivity index is 1.80. The highest BCUT2D eigenvalue weighted by atomic mass is 16.5. The number of ether oxygens (including phenoxy) is 4. The molecule has 0 spiro atoms. The predicted molar refractivity (Wildman–Crippen MR) is 138 cm³/mol. The molecule has 2 atom stereocenters. The van der Waals surface area contributed by atoms with E-state index in [9.17, 15) is 14.7 Å². The molecule has 0 radical (unpaired) electrons. The Morgan fingerprint density at radius 2 is 1.68 bits per heavy atom. The summed E-state index contributed by atoms with van der Waals surface area (Å²) in [6.07, 6.45) is 0.856. The van der Waals surface area contributed by atoms with Gasteiger partial charge in [0.15, 0.2) is 28.8 Å². The molecule has 2 N–H and O–H groups in total. The third kappa shape index (κ3) is 5.01. The van der Waals surface area contributed by atoms with Gasteiger partial charge >= 0.3 is 5.97 Å². The number of phenols is 1. The number of hydrogen-bond donors (Lipinski definition) is 2. The van der Waals surface area contributed by atoms with Crippen molar-refractivity contribution in [1.82, 2.24) is 5.32 Å². The Kier molecular flexibility index (Phi) is 7.76. The van der Waals surface area contributed by atoms with Crippen molar-refractivity contribution in [2.75, 3.05) is 27.4 Å². The van der Waals surface area contributed by atoms with E-state index in [1.54, 1.807) is 33.3 Å². The third-order valence-electron chi connectivity index (χ3n) is 6.82. The van der Waals surface area contributed by atoms with E-state index in [2.05, 4.69) is 5.32 Å². The van der Waals surface area contributed by atoms with E-state index in [1.807, 2.05) is 32.0 Å². The van der Waals surface area contributed by atoms with Gasteiger partial charge in [-0.15, -0.1) is 0 Å². The molecule has 1 aliphatic heterocycles. The summed E-state index contributed by atoms with van der Waals surface area (Å²) in [4.78, 5) is 26.9. The van der Waals surface area contributed by atoms with Crippen molar-refractivity contribution in [3.05, 3.63) is 70.1 Å². The summed E-state index contributed by atoms with van der Waals surface area (Å²) >= 11 is 0. The number of esters is 1. The Bertz CT molecular complexity index is 1280. The Labute approximate surface area is 216 Å². The molecule has 0 saturated carbocycles. The van der Waals surface area contributed by atoms with Crippen LogP contribution >= 0.6 is 0 Å². The van der Waals surface area contributed by atoms with Crippen molar-refractivity contribution >= 4 is 11.8 Å². The molecule has 4 rings (SSSR count). The maximum absolute atomic E-state index is 13.8. The number of carbonyl (C=O) groups is 2. The van der Waals surface area contributed by atoms with Crippen molar-refractivity contribution in [3.8, 4) is 23.0 Å². The maximum atomic E-state index is 13.8. The number of aromatic hydroxyl groups is 1. The van der Waals surface area contributed by atoms with E-state index in [-0.39, 0.29) is 30.5 Å². The van der Waals surface area contributed by atoms with E-state index >= 15 is 0 Å². The molecule has 37 heavy (non-hydrogen) atoms. The van der Waals surface area contributed by atoms with Gasteiger partial charge in [0, 0.05) is 29.3 Å². The molecule has 0 unspecified atom stereocenters. The maximum Gasteiger partial charge on any atom is 0.336 e. The van der Waals surface area contributed by atoms with Gasteiger partial charge in [-0.2, -0.15) is 0 Å². The number of benzene rings is 2. The van der Waals surface area contributed by atoms with Gasteiger partial charge in [-0.3, -0.25) is 4.79 Å². The van der Waals surface area contributed by atoms with Crippen LogP contribution in [0.15, 0.2) is 58.9 Å². The molecule has 2 aromatic carbocycles. The van der Waals surface area contributed by atoms with Crippen LogP contribution < -0.4 is 19.5 Å². The SMILES string of the molecule is CCOC(=O)C1=C(C)NC2=C(C(=O)C[C@@H](c3ccc(OC)c(OC)c3)C2)[C@H]1c1ccc(O)c(OCC)c1. The minimum absolute atomic E-state index is 0.00406. The average Bonchev–Trinajstić information content (AvgIpc) is 2.88. The van der Waals surface area contributed by atoms with Gasteiger partial charge in [0.05, 0.1) is 33.0 Å². The minimum Gasteiger partial charge on any atom is -0.504 e. The van der Waals surface area contributed by atoms with Crippen LogP contribution in [-0.2, 0) is 14.3 Å². The predicted octanol–water partition coefficient (Wildman–Crippen LogP) is 4.73. The second kappa shape index (κ2) is 11.0. The molecular formula is C29H33NO7. The van der Waals surface area contributed by atoms with E-state index in [1.165, 1.54) is 6.07 Å². The number of nitrogens with one attached hydrogen (secondary N) is 1. The zero-order chi connectivity index (χ0) is 26.7. The average molecular weight is 508 g/mol. The normalized spacial score (nSPS) is 19.2. The molecule has 0 aromatic heterocycles. The van der Waals surface area contributed by atoms with Crippen molar-refractivity contribution in [1.29, 1.82) is 0 Å². The second-order valence-corrected chi connectivity index (χ2v) is 9.01. The van der Waals surface area contributed by atoms with E-state index in [0.717, 1.165) is 11.3 Å². The zero-order valence-electron chi connectivity index (χ0n) is 21.8. The van der Waals surface area contributed by atoms with Gasteiger partial charge < -0.3 is 29.4 Å². The summed E-state index contributed by atoms with van der Waals surface area (Å²) in [5.41, 5.74) is 3.98. The van der Waals surface area contributed by atoms with Gasteiger partial charge in [0.2, 0.25) is 0 Å². The van der Waals surface area contributed by atoms with E-state index in [4.69, 9.17) is 18.9 Å². The number of ketones is 1. The molecule has 2 aromatic rings. The molecular weight excluding hydrogens is 474 g/mol. The fourth-order valence-electron chi connectivity index (χ4n) is 5.18. The first kappa shape index (κ1) is 26.1. The number of hydrogen-bond acceptors (Lipinski definition) is 8. The molecule has 0 fully saturated rings. The highest BCUT2D eigenvalue weighted by Gasteiger charge is 2.41. The van der Waals surface area contributed by atoms with Crippen molar-refractivity contribution in [2.24, 2.45) is 0 Å². The largest absolute Gasteiger partial charge is 0.504 e. The van der Waals surface area contributed by atoms with Crippen LogP contribution in [0.2, 0.25) is 0 Å². The van der Waals surface area contributed by atoms with Crippen LogP contribution in [-0.4, -0.2) is 44.3 Å². The lowest BCUT2D eigenvalue weighted by atomic mass is 9.71. The molecule has 8 heteroatoms. The van der Waals surface area contributed by atoms with Crippen LogP contribution in [0, 0.1) is 0 Å². The van der Waals surface area contributed by atoms with Crippen molar-refractivity contribution in [2.45, 2.75) is 45.4 Å². The van der Waals surface area contributed by atoms with E-state index < -0.39 is 11.9 Å². The van der Waals surface area contributed by atoms with Gasteiger partial charge in [0.1, 0.15) is 0 Å². The Hall–Kier alpha value is -3.94. The number of phenolic OH excluding ortho intramolecular Hbond substituents is 1. The highest BCUT2D eigenvalue weighted by molar-refractivity contribution is 6.04. The lowest BCUT2D eigenvalue weighted by Gasteiger charge is -2.37. The van der Waals surface area contributed by atoms with E-state index in [0.29, 0.717) is 52.7 Å². The first-order chi connectivity index (χ1) is 17.8. The molecule has 0 saturated heterocycles. The fourth-order valence-corrected chi connectivity index (χ4v) is 5.18. The van der Waals surface area contributed by atoms with Crippen LogP contribution in [0.1, 0.15) is 56.6 Å². The minimum atomic E-state index is -0.644. The molecule has 1 heterocycles. The summed E-state index contributed by atoms with van der Waals surface area (Å²) < 4.78 is 21.8. The van der Waals surface area contributed by atoms with Gasteiger partial charge in [-0.1, -0.05) is 12.1 Å². The van der Waals surface area contributed by atoms with Gasteiger partial charge in [-0.05, 0) is 68.5 Å². The van der Waals surface area contributed by atoms with Crippen LogP contribution in [0.3, 0.4) is 0 Å². The monoisotopic (exact) mass is 507 g/mol.